The maximum absolute atomic E-state index is 5.93. The first kappa shape index (κ1) is 15.1. The van der Waals surface area contributed by atoms with Gasteiger partial charge in [-0.15, -0.1) is 11.3 Å². The number of thiazole rings is 1. The van der Waals surface area contributed by atoms with Crippen molar-refractivity contribution in [1.82, 2.24) is 4.57 Å². The number of halogens is 1. The van der Waals surface area contributed by atoms with Crippen molar-refractivity contribution >= 4 is 28.6 Å². The first-order valence-electron chi connectivity index (χ1n) is 7.30. The first-order valence-corrected chi connectivity index (χ1v) is 8.56. The van der Waals surface area contributed by atoms with Crippen molar-refractivity contribution in [2.75, 3.05) is 0 Å². The molecule has 0 amide bonds. The Labute approximate surface area is 138 Å². The fourth-order valence-electron chi connectivity index (χ4n) is 2.20. The first-order chi connectivity index (χ1) is 10.8. The number of hydrogen-bond acceptors (Lipinski definition) is 3. The molecule has 1 aromatic carbocycles. The van der Waals surface area contributed by atoms with Gasteiger partial charge in [0.25, 0.3) is 0 Å². The van der Waals surface area contributed by atoms with E-state index in [4.69, 9.17) is 21.0 Å². The van der Waals surface area contributed by atoms with E-state index >= 15 is 0 Å². The third-order valence-corrected chi connectivity index (χ3v) is 4.47. The minimum atomic E-state index is 0.722. The van der Waals surface area contributed by atoms with Crippen LogP contribution in [0.15, 0.2) is 57.5 Å². The second-order valence-electron chi connectivity index (χ2n) is 4.97. The van der Waals surface area contributed by atoms with E-state index in [0.717, 1.165) is 46.4 Å². The van der Waals surface area contributed by atoms with Gasteiger partial charge in [0.1, 0.15) is 0 Å². The van der Waals surface area contributed by atoms with E-state index in [2.05, 4.69) is 16.9 Å². The van der Waals surface area contributed by atoms with Crippen LogP contribution in [0.4, 0.5) is 5.69 Å². The van der Waals surface area contributed by atoms with Crippen LogP contribution in [0.2, 0.25) is 5.02 Å². The second-order valence-corrected chi connectivity index (χ2v) is 6.25. The highest BCUT2D eigenvalue weighted by Crippen LogP contribution is 2.22. The minimum absolute atomic E-state index is 0.722. The predicted octanol–water partition coefficient (Wildman–Crippen LogP) is 5.50. The molecular weight excluding hydrogens is 316 g/mol. The topological polar surface area (TPSA) is 30.4 Å². The predicted molar refractivity (Wildman–Crippen MR) is 91.6 cm³/mol. The summed E-state index contributed by atoms with van der Waals surface area (Å²) in [5, 5.41) is 2.82. The monoisotopic (exact) mass is 332 g/mol. The lowest BCUT2D eigenvalue weighted by Crippen LogP contribution is -2.15. The van der Waals surface area contributed by atoms with Crippen molar-refractivity contribution in [3.63, 3.8) is 0 Å². The zero-order valence-corrected chi connectivity index (χ0v) is 13.9. The van der Waals surface area contributed by atoms with Gasteiger partial charge in [0.2, 0.25) is 0 Å². The van der Waals surface area contributed by atoms with Crippen molar-refractivity contribution in [2.24, 2.45) is 4.99 Å². The molecular formula is C17H17ClN2OS. The summed E-state index contributed by atoms with van der Waals surface area (Å²) in [6.07, 6.45) is 3.95. The van der Waals surface area contributed by atoms with Crippen LogP contribution in [0.1, 0.15) is 19.8 Å². The minimum Gasteiger partial charge on any atom is -0.463 e. The van der Waals surface area contributed by atoms with Crippen LogP contribution in [0.3, 0.4) is 0 Å². The van der Waals surface area contributed by atoms with Gasteiger partial charge < -0.3 is 8.98 Å². The van der Waals surface area contributed by atoms with Crippen molar-refractivity contribution in [1.29, 1.82) is 0 Å². The van der Waals surface area contributed by atoms with Gasteiger partial charge in [-0.1, -0.05) is 24.9 Å². The Hall–Kier alpha value is -1.78. The Morgan fingerprint density at radius 1 is 1.23 bits per heavy atom. The molecule has 0 unspecified atom stereocenters. The molecule has 2 aromatic heterocycles. The lowest BCUT2D eigenvalue weighted by atomic mass is 10.3. The zero-order chi connectivity index (χ0) is 15.4. The molecule has 2 heterocycles. The van der Waals surface area contributed by atoms with Gasteiger partial charge in [-0.05, 0) is 42.8 Å². The van der Waals surface area contributed by atoms with Crippen molar-refractivity contribution in [2.45, 2.75) is 26.3 Å². The van der Waals surface area contributed by atoms with E-state index in [1.165, 1.54) is 0 Å². The Kier molecular flexibility index (Phi) is 4.80. The van der Waals surface area contributed by atoms with Crippen LogP contribution in [0, 0.1) is 0 Å². The van der Waals surface area contributed by atoms with Crippen LogP contribution in [-0.2, 0) is 6.54 Å². The zero-order valence-electron chi connectivity index (χ0n) is 12.3. The molecule has 0 aliphatic carbocycles. The highest BCUT2D eigenvalue weighted by molar-refractivity contribution is 7.07. The van der Waals surface area contributed by atoms with Crippen LogP contribution < -0.4 is 4.80 Å². The summed E-state index contributed by atoms with van der Waals surface area (Å²) in [6.45, 7) is 3.12. The SMILES string of the molecule is CCCCn1c(-c2ccco2)csc1=Nc1ccc(Cl)cc1. The summed E-state index contributed by atoms with van der Waals surface area (Å²) >= 11 is 7.56. The normalized spacial score (nSPS) is 12.0. The van der Waals surface area contributed by atoms with Gasteiger partial charge in [-0.3, -0.25) is 0 Å². The summed E-state index contributed by atoms with van der Waals surface area (Å²) in [5.74, 6) is 0.880. The van der Waals surface area contributed by atoms with Gasteiger partial charge in [0.15, 0.2) is 10.6 Å². The van der Waals surface area contributed by atoms with Crippen molar-refractivity contribution in [3.8, 4) is 11.5 Å². The van der Waals surface area contributed by atoms with E-state index < -0.39 is 0 Å². The molecule has 0 bridgehead atoms. The molecule has 3 aromatic rings. The summed E-state index contributed by atoms with van der Waals surface area (Å²) in [7, 11) is 0. The van der Waals surface area contributed by atoms with Crippen LogP contribution in [0.5, 0.6) is 0 Å². The third-order valence-electron chi connectivity index (χ3n) is 3.36. The molecule has 5 heteroatoms. The number of furan rings is 1. The lowest BCUT2D eigenvalue weighted by molar-refractivity contribution is 0.562. The average molecular weight is 333 g/mol. The number of hydrogen-bond donors (Lipinski definition) is 0. The molecule has 0 N–H and O–H groups in total. The smallest absolute Gasteiger partial charge is 0.190 e. The Morgan fingerprint density at radius 3 is 2.73 bits per heavy atom. The van der Waals surface area contributed by atoms with Gasteiger partial charge in [-0.25, -0.2) is 4.99 Å². The lowest BCUT2D eigenvalue weighted by Gasteiger charge is -2.06. The molecule has 0 aliphatic heterocycles. The van der Waals surface area contributed by atoms with Gasteiger partial charge in [0.05, 0.1) is 17.6 Å². The molecule has 0 saturated heterocycles. The quantitative estimate of drug-likeness (QED) is 0.607. The Morgan fingerprint density at radius 2 is 2.05 bits per heavy atom. The molecule has 3 rings (SSSR count). The van der Waals surface area contributed by atoms with Crippen LogP contribution >= 0.6 is 22.9 Å². The second kappa shape index (κ2) is 6.99. The van der Waals surface area contributed by atoms with Crippen LogP contribution in [-0.4, -0.2) is 4.57 Å². The Bertz CT molecular complexity index is 785. The molecule has 0 radical (unpaired) electrons. The Balaban J connectivity index is 2.05. The molecule has 22 heavy (non-hydrogen) atoms. The molecule has 3 nitrogen and oxygen atoms in total. The number of unbranched alkanes of at least 4 members (excludes halogenated alkanes) is 1. The third kappa shape index (κ3) is 3.34. The molecule has 114 valence electrons. The van der Waals surface area contributed by atoms with E-state index in [1.807, 2.05) is 36.4 Å². The maximum atomic E-state index is 5.93. The van der Waals surface area contributed by atoms with Gasteiger partial charge in [-0.2, -0.15) is 0 Å². The maximum Gasteiger partial charge on any atom is 0.190 e. The summed E-state index contributed by atoms with van der Waals surface area (Å²) in [5.41, 5.74) is 1.98. The average Bonchev–Trinajstić information content (AvgIpc) is 3.17. The standard InChI is InChI=1S/C17H17ClN2OS/c1-2-3-10-20-15(16-5-4-11-21-16)12-22-17(20)19-14-8-6-13(18)7-9-14/h4-9,11-12H,2-3,10H2,1H3. The van der Waals surface area contributed by atoms with E-state index in [-0.39, 0.29) is 0 Å². The van der Waals surface area contributed by atoms with E-state index in [1.54, 1.807) is 17.6 Å². The molecule has 0 spiro atoms. The highest BCUT2D eigenvalue weighted by atomic mass is 35.5. The molecule has 0 saturated carbocycles. The summed E-state index contributed by atoms with van der Waals surface area (Å²) in [4.78, 5) is 5.72. The highest BCUT2D eigenvalue weighted by Gasteiger charge is 2.10. The van der Waals surface area contributed by atoms with E-state index in [0.29, 0.717) is 0 Å². The van der Waals surface area contributed by atoms with Crippen molar-refractivity contribution < 1.29 is 4.42 Å². The largest absolute Gasteiger partial charge is 0.463 e. The number of aromatic nitrogens is 1. The van der Waals surface area contributed by atoms with Gasteiger partial charge in [0, 0.05) is 16.9 Å². The van der Waals surface area contributed by atoms with Gasteiger partial charge >= 0.3 is 0 Å². The summed E-state index contributed by atoms with van der Waals surface area (Å²) < 4.78 is 7.77. The van der Waals surface area contributed by atoms with E-state index in [9.17, 15) is 0 Å². The number of nitrogens with zero attached hydrogens (tertiary/aromatic N) is 2. The molecule has 0 aliphatic rings. The molecule has 0 atom stereocenters. The fourth-order valence-corrected chi connectivity index (χ4v) is 3.26. The number of rotatable bonds is 5. The van der Waals surface area contributed by atoms with Crippen LogP contribution in [0.25, 0.3) is 11.5 Å². The molecule has 0 fully saturated rings. The fraction of sp³-hybridized carbons (Fsp3) is 0.235. The number of benzene rings is 1. The summed E-state index contributed by atoms with van der Waals surface area (Å²) in [6, 6.07) is 11.5. The van der Waals surface area contributed by atoms with Crippen molar-refractivity contribution in [3.05, 3.63) is 57.9 Å².